The SMILES string of the molecule is C=C(C)CNC(=O)Nc1cccc(F)c1. The predicted molar refractivity (Wildman–Crippen MR) is 58.2 cm³/mol. The van der Waals surface area contributed by atoms with Gasteiger partial charge in [-0.25, -0.2) is 9.18 Å². The molecule has 0 aliphatic heterocycles. The normalized spacial score (nSPS) is 9.47. The molecule has 0 unspecified atom stereocenters. The third kappa shape index (κ3) is 4.26. The zero-order chi connectivity index (χ0) is 11.3. The van der Waals surface area contributed by atoms with Crippen molar-refractivity contribution in [3.8, 4) is 0 Å². The van der Waals surface area contributed by atoms with Gasteiger partial charge in [0.2, 0.25) is 0 Å². The van der Waals surface area contributed by atoms with E-state index in [-0.39, 0.29) is 11.8 Å². The highest BCUT2D eigenvalue weighted by Gasteiger charge is 2.01. The molecule has 0 aromatic heterocycles. The van der Waals surface area contributed by atoms with E-state index in [1.807, 2.05) is 6.92 Å². The molecule has 0 fully saturated rings. The van der Waals surface area contributed by atoms with Crippen molar-refractivity contribution >= 4 is 11.7 Å². The number of nitrogens with one attached hydrogen (secondary N) is 2. The fourth-order valence-corrected chi connectivity index (χ4v) is 0.973. The third-order valence-electron chi connectivity index (χ3n) is 1.63. The molecule has 0 saturated heterocycles. The molecular formula is C11H13FN2O. The molecule has 0 radical (unpaired) electrons. The Hall–Kier alpha value is -1.84. The maximum Gasteiger partial charge on any atom is 0.319 e. The van der Waals surface area contributed by atoms with Crippen molar-refractivity contribution in [2.45, 2.75) is 6.92 Å². The Kier molecular flexibility index (Phi) is 3.85. The molecule has 0 spiro atoms. The van der Waals surface area contributed by atoms with Gasteiger partial charge < -0.3 is 10.6 Å². The number of urea groups is 1. The second kappa shape index (κ2) is 5.14. The molecule has 0 heterocycles. The van der Waals surface area contributed by atoms with Gasteiger partial charge in [0.05, 0.1) is 0 Å². The van der Waals surface area contributed by atoms with Gasteiger partial charge in [-0.05, 0) is 25.1 Å². The van der Waals surface area contributed by atoms with Gasteiger partial charge in [0.25, 0.3) is 0 Å². The van der Waals surface area contributed by atoms with E-state index < -0.39 is 0 Å². The van der Waals surface area contributed by atoms with Crippen molar-refractivity contribution in [3.05, 3.63) is 42.2 Å². The topological polar surface area (TPSA) is 41.1 Å². The number of benzene rings is 1. The summed E-state index contributed by atoms with van der Waals surface area (Å²) in [5, 5.41) is 5.08. The van der Waals surface area contributed by atoms with Crippen LogP contribution in [-0.4, -0.2) is 12.6 Å². The Morgan fingerprint density at radius 1 is 1.53 bits per heavy atom. The molecule has 0 aliphatic rings. The highest BCUT2D eigenvalue weighted by molar-refractivity contribution is 5.89. The Labute approximate surface area is 88.0 Å². The largest absolute Gasteiger partial charge is 0.334 e. The first-order chi connectivity index (χ1) is 7.08. The summed E-state index contributed by atoms with van der Waals surface area (Å²) >= 11 is 0. The van der Waals surface area contributed by atoms with Crippen LogP contribution in [0.2, 0.25) is 0 Å². The molecule has 0 atom stereocenters. The lowest BCUT2D eigenvalue weighted by Crippen LogP contribution is -2.29. The number of halogens is 1. The number of anilines is 1. The van der Waals surface area contributed by atoms with Crippen LogP contribution in [0.5, 0.6) is 0 Å². The number of rotatable bonds is 3. The second-order valence-corrected chi connectivity index (χ2v) is 3.28. The van der Waals surface area contributed by atoms with Gasteiger partial charge in [0.15, 0.2) is 0 Å². The van der Waals surface area contributed by atoms with E-state index in [0.29, 0.717) is 12.2 Å². The molecule has 0 bridgehead atoms. The minimum atomic E-state index is -0.382. The van der Waals surface area contributed by atoms with E-state index in [1.54, 1.807) is 6.07 Å². The lowest BCUT2D eigenvalue weighted by molar-refractivity contribution is 0.253. The number of carbonyl (C=O) groups is 1. The lowest BCUT2D eigenvalue weighted by atomic mass is 10.3. The Morgan fingerprint density at radius 3 is 2.87 bits per heavy atom. The molecule has 1 aromatic carbocycles. The van der Waals surface area contributed by atoms with Gasteiger partial charge in [-0.3, -0.25) is 0 Å². The quantitative estimate of drug-likeness (QED) is 0.736. The van der Waals surface area contributed by atoms with Crippen LogP contribution in [0.3, 0.4) is 0 Å². The van der Waals surface area contributed by atoms with Crippen molar-refractivity contribution in [1.82, 2.24) is 5.32 Å². The number of hydrogen-bond acceptors (Lipinski definition) is 1. The third-order valence-corrected chi connectivity index (χ3v) is 1.63. The summed E-state index contributed by atoms with van der Waals surface area (Å²) in [7, 11) is 0. The van der Waals surface area contributed by atoms with Crippen molar-refractivity contribution < 1.29 is 9.18 Å². The van der Waals surface area contributed by atoms with Crippen LogP contribution < -0.4 is 10.6 Å². The van der Waals surface area contributed by atoms with Gasteiger partial charge in [0.1, 0.15) is 5.82 Å². The summed E-state index contributed by atoms with van der Waals surface area (Å²) in [6, 6.07) is 5.34. The molecule has 0 aliphatic carbocycles. The minimum absolute atomic E-state index is 0.372. The summed E-state index contributed by atoms with van der Waals surface area (Å²) in [5.41, 5.74) is 1.28. The Balaban J connectivity index is 2.48. The average molecular weight is 208 g/mol. The zero-order valence-corrected chi connectivity index (χ0v) is 8.51. The maximum atomic E-state index is 12.7. The number of hydrogen-bond donors (Lipinski definition) is 2. The standard InChI is InChI=1S/C11H13FN2O/c1-8(2)7-13-11(15)14-10-5-3-4-9(12)6-10/h3-6H,1,7H2,2H3,(H2,13,14,15). The van der Waals surface area contributed by atoms with E-state index in [4.69, 9.17) is 0 Å². The molecule has 1 aromatic rings. The highest BCUT2D eigenvalue weighted by Crippen LogP contribution is 2.08. The fraction of sp³-hybridized carbons (Fsp3) is 0.182. The molecule has 15 heavy (non-hydrogen) atoms. The molecule has 0 saturated carbocycles. The van der Waals surface area contributed by atoms with Crippen molar-refractivity contribution in [1.29, 1.82) is 0 Å². The molecule has 2 N–H and O–H groups in total. The Morgan fingerprint density at radius 2 is 2.27 bits per heavy atom. The molecule has 2 amide bonds. The molecule has 4 heteroatoms. The summed E-state index contributed by atoms with van der Waals surface area (Å²) in [5.74, 6) is -0.382. The van der Waals surface area contributed by atoms with Crippen LogP contribution >= 0.6 is 0 Å². The van der Waals surface area contributed by atoms with Crippen LogP contribution in [0.25, 0.3) is 0 Å². The van der Waals surface area contributed by atoms with E-state index in [0.717, 1.165) is 5.57 Å². The summed E-state index contributed by atoms with van der Waals surface area (Å²) in [6.07, 6.45) is 0. The van der Waals surface area contributed by atoms with Crippen LogP contribution in [0.4, 0.5) is 14.9 Å². The average Bonchev–Trinajstić information content (AvgIpc) is 2.15. The Bertz CT molecular complexity index is 377. The first-order valence-corrected chi connectivity index (χ1v) is 4.53. The van der Waals surface area contributed by atoms with Crippen molar-refractivity contribution in [2.75, 3.05) is 11.9 Å². The summed E-state index contributed by atoms with van der Waals surface area (Å²) < 4.78 is 12.7. The fourth-order valence-electron chi connectivity index (χ4n) is 0.973. The van der Waals surface area contributed by atoms with Gasteiger partial charge in [0, 0.05) is 12.2 Å². The monoisotopic (exact) mass is 208 g/mol. The van der Waals surface area contributed by atoms with E-state index >= 15 is 0 Å². The van der Waals surface area contributed by atoms with Crippen LogP contribution in [0.15, 0.2) is 36.4 Å². The second-order valence-electron chi connectivity index (χ2n) is 3.28. The van der Waals surface area contributed by atoms with Gasteiger partial charge in [-0.2, -0.15) is 0 Å². The lowest BCUT2D eigenvalue weighted by Gasteiger charge is -2.06. The molecule has 3 nitrogen and oxygen atoms in total. The molecule has 1 rings (SSSR count). The van der Waals surface area contributed by atoms with Gasteiger partial charge in [-0.1, -0.05) is 18.2 Å². The number of amides is 2. The van der Waals surface area contributed by atoms with Crippen molar-refractivity contribution in [3.63, 3.8) is 0 Å². The maximum absolute atomic E-state index is 12.7. The van der Waals surface area contributed by atoms with Crippen molar-refractivity contribution in [2.24, 2.45) is 0 Å². The van der Waals surface area contributed by atoms with Crippen LogP contribution in [0.1, 0.15) is 6.92 Å². The van der Waals surface area contributed by atoms with E-state index in [1.165, 1.54) is 18.2 Å². The zero-order valence-electron chi connectivity index (χ0n) is 8.51. The van der Waals surface area contributed by atoms with Crippen LogP contribution in [0, 0.1) is 5.82 Å². The van der Waals surface area contributed by atoms with Gasteiger partial charge >= 0.3 is 6.03 Å². The van der Waals surface area contributed by atoms with Gasteiger partial charge in [-0.15, -0.1) is 0 Å². The predicted octanol–water partition coefficient (Wildman–Crippen LogP) is 2.52. The molecule has 80 valence electrons. The smallest absolute Gasteiger partial charge is 0.319 e. The first-order valence-electron chi connectivity index (χ1n) is 4.53. The first kappa shape index (κ1) is 11.2. The van der Waals surface area contributed by atoms with E-state index in [9.17, 15) is 9.18 Å². The summed E-state index contributed by atoms with van der Waals surface area (Å²) in [6.45, 7) is 5.86. The van der Waals surface area contributed by atoms with Crippen LogP contribution in [-0.2, 0) is 0 Å². The molecular weight excluding hydrogens is 195 g/mol. The number of carbonyl (C=O) groups excluding carboxylic acids is 1. The highest BCUT2D eigenvalue weighted by atomic mass is 19.1. The summed E-state index contributed by atoms with van der Waals surface area (Å²) in [4.78, 5) is 11.2. The van der Waals surface area contributed by atoms with E-state index in [2.05, 4.69) is 17.2 Å². The minimum Gasteiger partial charge on any atom is -0.334 e.